The molecule has 1 unspecified atom stereocenters. The highest BCUT2D eigenvalue weighted by Crippen LogP contribution is 2.34. The summed E-state index contributed by atoms with van der Waals surface area (Å²) in [7, 11) is 0. The average Bonchev–Trinajstić information content (AvgIpc) is 3.37. The number of hydrogen-bond acceptors (Lipinski definition) is 3. The molecule has 0 aliphatic carbocycles. The fourth-order valence-corrected chi connectivity index (χ4v) is 3.06. The van der Waals surface area contributed by atoms with Crippen LogP contribution in [0.5, 0.6) is 0 Å². The molecule has 0 aromatic heterocycles. The van der Waals surface area contributed by atoms with Crippen LogP contribution in [0.3, 0.4) is 0 Å². The number of carbonyl (C=O) groups is 1. The van der Waals surface area contributed by atoms with Crippen LogP contribution in [0, 0.1) is 0 Å². The second kappa shape index (κ2) is 9.73. The molecule has 22 heavy (non-hydrogen) atoms. The molecular formula is C19H26O2S. The molecule has 1 heterocycles. The standard InChI is InChI=1S/C19H26O2S/c1-2-16-10-12-17(13-11-16)19(20)21-14-8-6-4-3-5-7-9-18-15-22-18/h2,10-13,18H,1,3-9,14-15H2. The van der Waals surface area contributed by atoms with Gasteiger partial charge in [0, 0.05) is 11.0 Å². The van der Waals surface area contributed by atoms with E-state index in [0.717, 1.165) is 23.7 Å². The van der Waals surface area contributed by atoms with Gasteiger partial charge in [-0.25, -0.2) is 4.79 Å². The highest BCUT2D eigenvalue weighted by atomic mass is 32.2. The van der Waals surface area contributed by atoms with E-state index in [2.05, 4.69) is 18.3 Å². The molecule has 1 aromatic rings. The van der Waals surface area contributed by atoms with Crippen molar-refractivity contribution in [1.82, 2.24) is 0 Å². The lowest BCUT2D eigenvalue weighted by Gasteiger charge is -2.05. The molecule has 0 saturated carbocycles. The summed E-state index contributed by atoms with van der Waals surface area (Å²) in [5, 5.41) is 0.986. The summed E-state index contributed by atoms with van der Waals surface area (Å²) in [5.74, 6) is 1.17. The van der Waals surface area contributed by atoms with E-state index in [1.165, 1.54) is 37.9 Å². The van der Waals surface area contributed by atoms with Crippen LogP contribution in [0.25, 0.3) is 6.08 Å². The Morgan fingerprint density at radius 3 is 2.41 bits per heavy atom. The minimum atomic E-state index is -0.224. The third-order valence-corrected chi connectivity index (χ3v) is 4.98. The zero-order chi connectivity index (χ0) is 15.6. The number of unbranched alkanes of at least 4 members (excludes halogenated alkanes) is 5. The van der Waals surface area contributed by atoms with Crippen molar-refractivity contribution in [3.8, 4) is 0 Å². The molecular weight excluding hydrogens is 292 g/mol. The van der Waals surface area contributed by atoms with E-state index in [-0.39, 0.29) is 5.97 Å². The Balaban J connectivity index is 1.46. The SMILES string of the molecule is C=Cc1ccc(C(=O)OCCCCCCCCC2CS2)cc1. The first-order chi connectivity index (χ1) is 10.8. The summed E-state index contributed by atoms with van der Waals surface area (Å²) in [4.78, 5) is 11.8. The summed E-state index contributed by atoms with van der Waals surface area (Å²) >= 11 is 2.09. The van der Waals surface area contributed by atoms with Gasteiger partial charge in [-0.3, -0.25) is 0 Å². The van der Waals surface area contributed by atoms with Crippen LogP contribution >= 0.6 is 11.8 Å². The maximum absolute atomic E-state index is 11.8. The molecule has 1 aliphatic rings. The van der Waals surface area contributed by atoms with Crippen LogP contribution in [0.15, 0.2) is 30.8 Å². The topological polar surface area (TPSA) is 26.3 Å². The number of carbonyl (C=O) groups excluding carboxylic acids is 1. The van der Waals surface area contributed by atoms with Crippen molar-refractivity contribution in [3.63, 3.8) is 0 Å². The van der Waals surface area contributed by atoms with Crippen LogP contribution < -0.4 is 0 Å². The van der Waals surface area contributed by atoms with Crippen LogP contribution in [0.1, 0.15) is 60.9 Å². The fraction of sp³-hybridized carbons (Fsp3) is 0.526. The Labute approximate surface area is 138 Å². The Kier molecular flexibility index (Phi) is 7.58. The number of thioether (sulfide) groups is 1. The zero-order valence-electron chi connectivity index (χ0n) is 13.3. The second-order valence-electron chi connectivity index (χ2n) is 5.83. The van der Waals surface area contributed by atoms with E-state index in [4.69, 9.17) is 4.74 Å². The lowest BCUT2D eigenvalue weighted by Crippen LogP contribution is -2.06. The number of hydrogen-bond donors (Lipinski definition) is 0. The number of esters is 1. The minimum absolute atomic E-state index is 0.224. The smallest absolute Gasteiger partial charge is 0.338 e. The Hall–Kier alpha value is -1.22. The molecule has 0 spiro atoms. The molecule has 120 valence electrons. The summed E-state index contributed by atoms with van der Waals surface area (Å²) in [5.41, 5.74) is 1.63. The van der Waals surface area contributed by atoms with Crippen molar-refractivity contribution in [2.75, 3.05) is 12.4 Å². The molecule has 0 N–H and O–H groups in total. The zero-order valence-corrected chi connectivity index (χ0v) is 14.1. The molecule has 1 fully saturated rings. The Morgan fingerprint density at radius 2 is 1.77 bits per heavy atom. The van der Waals surface area contributed by atoms with Crippen molar-refractivity contribution < 1.29 is 9.53 Å². The minimum Gasteiger partial charge on any atom is -0.462 e. The number of ether oxygens (including phenoxy) is 1. The van der Waals surface area contributed by atoms with E-state index >= 15 is 0 Å². The highest BCUT2D eigenvalue weighted by molar-refractivity contribution is 8.06. The van der Waals surface area contributed by atoms with Crippen molar-refractivity contribution in [1.29, 1.82) is 0 Å². The lowest BCUT2D eigenvalue weighted by atomic mass is 10.1. The van der Waals surface area contributed by atoms with Crippen LogP contribution in [-0.4, -0.2) is 23.6 Å². The average molecular weight is 318 g/mol. The van der Waals surface area contributed by atoms with E-state index in [0.29, 0.717) is 12.2 Å². The van der Waals surface area contributed by atoms with Gasteiger partial charge in [-0.2, -0.15) is 11.8 Å². The molecule has 1 aromatic carbocycles. The predicted octanol–water partition coefficient (Wildman–Crippen LogP) is 5.33. The molecule has 0 bridgehead atoms. The summed E-state index contributed by atoms with van der Waals surface area (Å²) in [6, 6.07) is 7.34. The monoisotopic (exact) mass is 318 g/mol. The summed E-state index contributed by atoms with van der Waals surface area (Å²) in [6.07, 6.45) is 10.6. The van der Waals surface area contributed by atoms with Gasteiger partial charge in [-0.15, -0.1) is 0 Å². The fourth-order valence-electron chi connectivity index (χ4n) is 2.42. The Morgan fingerprint density at radius 1 is 1.14 bits per heavy atom. The normalized spacial score (nSPS) is 16.3. The van der Waals surface area contributed by atoms with Gasteiger partial charge in [0.1, 0.15) is 0 Å². The van der Waals surface area contributed by atoms with Gasteiger partial charge in [0.2, 0.25) is 0 Å². The van der Waals surface area contributed by atoms with Gasteiger partial charge in [-0.05, 0) is 30.5 Å². The first-order valence-electron chi connectivity index (χ1n) is 8.31. The van der Waals surface area contributed by atoms with Gasteiger partial charge in [0.05, 0.1) is 12.2 Å². The van der Waals surface area contributed by atoms with Crippen molar-refractivity contribution in [2.45, 2.75) is 50.2 Å². The van der Waals surface area contributed by atoms with E-state index < -0.39 is 0 Å². The quantitative estimate of drug-likeness (QED) is 0.313. The van der Waals surface area contributed by atoms with E-state index in [1.54, 1.807) is 18.2 Å². The maximum Gasteiger partial charge on any atom is 0.338 e. The largest absolute Gasteiger partial charge is 0.462 e. The van der Waals surface area contributed by atoms with Crippen LogP contribution in [0.2, 0.25) is 0 Å². The first-order valence-corrected chi connectivity index (χ1v) is 9.35. The predicted molar refractivity (Wildman–Crippen MR) is 95.4 cm³/mol. The van der Waals surface area contributed by atoms with Gasteiger partial charge in [0.25, 0.3) is 0 Å². The van der Waals surface area contributed by atoms with Crippen molar-refractivity contribution in [2.24, 2.45) is 0 Å². The molecule has 0 amide bonds. The Bertz CT molecular complexity index is 463. The molecule has 3 heteroatoms. The number of benzene rings is 1. The third kappa shape index (κ3) is 6.69. The molecule has 2 rings (SSSR count). The van der Waals surface area contributed by atoms with Crippen molar-refractivity contribution in [3.05, 3.63) is 42.0 Å². The summed E-state index contributed by atoms with van der Waals surface area (Å²) < 4.78 is 5.30. The summed E-state index contributed by atoms with van der Waals surface area (Å²) in [6.45, 7) is 4.22. The van der Waals surface area contributed by atoms with Crippen LogP contribution in [0.4, 0.5) is 0 Å². The van der Waals surface area contributed by atoms with Gasteiger partial charge in [-0.1, -0.05) is 56.9 Å². The molecule has 1 saturated heterocycles. The van der Waals surface area contributed by atoms with Gasteiger partial charge < -0.3 is 4.74 Å². The number of rotatable bonds is 11. The third-order valence-electron chi connectivity index (χ3n) is 3.94. The molecule has 1 aliphatic heterocycles. The van der Waals surface area contributed by atoms with Gasteiger partial charge in [0.15, 0.2) is 0 Å². The van der Waals surface area contributed by atoms with E-state index in [9.17, 15) is 4.79 Å². The van der Waals surface area contributed by atoms with E-state index in [1.807, 2.05) is 12.1 Å². The molecule has 0 radical (unpaired) electrons. The second-order valence-corrected chi connectivity index (χ2v) is 7.16. The van der Waals surface area contributed by atoms with Gasteiger partial charge >= 0.3 is 5.97 Å². The molecule has 1 atom stereocenters. The molecule has 2 nitrogen and oxygen atoms in total. The maximum atomic E-state index is 11.8. The van der Waals surface area contributed by atoms with Crippen molar-refractivity contribution >= 4 is 23.8 Å². The lowest BCUT2D eigenvalue weighted by molar-refractivity contribution is 0.0497. The van der Waals surface area contributed by atoms with Crippen LogP contribution in [-0.2, 0) is 4.74 Å². The first kappa shape index (κ1) is 17.1. The highest BCUT2D eigenvalue weighted by Gasteiger charge is 2.20.